The van der Waals surface area contributed by atoms with Gasteiger partial charge in [0.2, 0.25) is 11.9 Å². The van der Waals surface area contributed by atoms with Crippen LogP contribution in [-0.2, 0) is 21.4 Å². The number of carbonyl (C=O) groups excluding carboxylic acids is 2. The molecule has 0 fully saturated rings. The molecule has 0 radical (unpaired) electrons. The van der Waals surface area contributed by atoms with E-state index in [-0.39, 0.29) is 16.5 Å². The van der Waals surface area contributed by atoms with Crippen LogP contribution in [0.4, 0.5) is 26.4 Å². The fourth-order valence-electron chi connectivity index (χ4n) is 2.82. The van der Waals surface area contributed by atoms with Crippen molar-refractivity contribution in [2.75, 3.05) is 11.1 Å². The fourth-order valence-corrected chi connectivity index (χ4v) is 3.80. The van der Waals surface area contributed by atoms with E-state index in [1.807, 2.05) is 4.72 Å². The maximum atomic E-state index is 13.9. The number of benzene rings is 2. The summed E-state index contributed by atoms with van der Waals surface area (Å²) in [5.41, 5.74) is 5.09. The molecule has 14 nitrogen and oxygen atoms in total. The summed E-state index contributed by atoms with van der Waals surface area (Å²) >= 11 is 0. The van der Waals surface area contributed by atoms with Crippen molar-refractivity contribution in [3.05, 3.63) is 66.0 Å². The molecule has 180 valence electrons. The molecular weight excluding hydrogens is 490 g/mol. The maximum absolute atomic E-state index is 13.9. The molecule has 0 atom stereocenters. The molecule has 4 rings (SSSR count). The summed E-state index contributed by atoms with van der Waals surface area (Å²) in [6, 6.07) is 7.96. The van der Waals surface area contributed by atoms with Crippen LogP contribution in [0.1, 0.15) is 10.4 Å². The number of nitrogens with two attached hydrogens (primary N) is 1. The Morgan fingerprint density at radius 3 is 2.37 bits per heavy atom. The smallest absolute Gasteiger partial charge is 0.287 e. The summed E-state index contributed by atoms with van der Waals surface area (Å²) in [6.45, 7) is -0.406. The van der Waals surface area contributed by atoms with Crippen LogP contribution in [0.2, 0.25) is 0 Å². The standard InChI is InChI=1S/C18H14F2N10O4S/c19-12-2-1-3-13(20)15(12)16(32)30-17(21)24-18(25-30)23-10-4-6-11(7-5-10)35(33,34)26-14(31)8-29-9-22-27-28-29/h1-7,9H,8H2,(H,26,31)(H3,21,23,24,25). The Kier molecular flexibility index (Phi) is 6.15. The highest BCUT2D eigenvalue weighted by Crippen LogP contribution is 2.20. The van der Waals surface area contributed by atoms with E-state index < -0.39 is 51.5 Å². The van der Waals surface area contributed by atoms with Gasteiger partial charge in [0.25, 0.3) is 21.8 Å². The Morgan fingerprint density at radius 1 is 1.06 bits per heavy atom. The number of sulfonamides is 1. The molecular formula is C18H14F2N10O4S. The quantitative estimate of drug-likeness (QED) is 0.308. The van der Waals surface area contributed by atoms with Gasteiger partial charge in [0.1, 0.15) is 30.1 Å². The van der Waals surface area contributed by atoms with Crippen molar-refractivity contribution >= 4 is 39.4 Å². The van der Waals surface area contributed by atoms with Gasteiger partial charge in [0.05, 0.1) is 4.90 Å². The number of aromatic nitrogens is 7. The molecule has 0 saturated carbocycles. The van der Waals surface area contributed by atoms with Crippen LogP contribution in [0.3, 0.4) is 0 Å². The van der Waals surface area contributed by atoms with Crippen LogP contribution in [0.15, 0.2) is 53.7 Å². The van der Waals surface area contributed by atoms with Crippen molar-refractivity contribution in [1.82, 2.24) is 39.7 Å². The Hall–Kier alpha value is -4.80. The van der Waals surface area contributed by atoms with Crippen molar-refractivity contribution in [3.63, 3.8) is 0 Å². The van der Waals surface area contributed by atoms with E-state index in [0.29, 0.717) is 4.68 Å². The molecule has 0 saturated heterocycles. The number of nitrogens with one attached hydrogen (secondary N) is 2. The number of hydrogen-bond acceptors (Lipinski definition) is 11. The van der Waals surface area contributed by atoms with Crippen LogP contribution in [0, 0.1) is 11.6 Å². The Balaban J connectivity index is 1.46. The monoisotopic (exact) mass is 504 g/mol. The van der Waals surface area contributed by atoms with E-state index in [1.165, 1.54) is 24.3 Å². The highest BCUT2D eigenvalue weighted by molar-refractivity contribution is 7.90. The first kappa shape index (κ1) is 23.4. The number of nitrogen functional groups attached to an aromatic ring is 1. The van der Waals surface area contributed by atoms with E-state index in [0.717, 1.165) is 29.2 Å². The first-order chi connectivity index (χ1) is 16.6. The summed E-state index contributed by atoms with van der Waals surface area (Å²) in [6.07, 6.45) is 1.15. The van der Waals surface area contributed by atoms with Crippen molar-refractivity contribution in [2.24, 2.45) is 0 Å². The van der Waals surface area contributed by atoms with Crippen molar-refractivity contribution in [2.45, 2.75) is 11.4 Å². The molecule has 17 heteroatoms. The van der Waals surface area contributed by atoms with Gasteiger partial charge in [-0.15, -0.1) is 10.2 Å². The molecule has 4 aromatic rings. The Morgan fingerprint density at radius 2 is 1.74 bits per heavy atom. The maximum Gasteiger partial charge on any atom is 0.287 e. The number of halogens is 2. The summed E-state index contributed by atoms with van der Waals surface area (Å²) in [7, 11) is -4.19. The second-order valence-electron chi connectivity index (χ2n) is 6.79. The fraction of sp³-hybridized carbons (Fsp3) is 0.0556. The topological polar surface area (TPSA) is 193 Å². The normalized spacial score (nSPS) is 11.3. The van der Waals surface area contributed by atoms with E-state index in [4.69, 9.17) is 5.73 Å². The molecule has 0 bridgehead atoms. The third-order valence-corrected chi connectivity index (χ3v) is 5.76. The molecule has 0 aliphatic carbocycles. The molecule has 4 N–H and O–H groups in total. The highest BCUT2D eigenvalue weighted by Gasteiger charge is 2.23. The highest BCUT2D eigenvalue weighted by atomic mass is 32.2. The van der Waals surface area contributed by atoms with Crippen LogP contribution < -0.4 is 15.8 Å². The van der Waals surface area contributed by atoms with Gasteiger partial charge in [-0.3, -0.25) is 9.59 Å². The number of nitrogens with zero attached hydrogens (tertiary/aromatic N) is 7. The number of amides is 1. The van der Waals surface area contributed by atoms with Crippen LogP contribution in [0.25, 0.3) is 0 Å². The lowest BCUT2D eigenvalue weighted by atomic mass is 10.2. The van der Waals surface area contributed by atoms with E-state index in [2.05, 4.69) is 30.9 Å². The molecule has 0 spiro atoms. The number of carbonyl (C=O) groups is 2. The Labute approximate surface area is 194 Å². The van der Waals surface area contributed by atoms with E-state index in [9.17, 15) is 26.8 Å². The third-order valence-electron chi connectivity index (χ3n) is 4.37. The van der Waals surface area contributed by atoms with Gasteiger partial charge in [-0.1, -0.05) is 6.07 Å². The summed E-state index contributed by atoms with van der Waals surface area (Å²) in [4.78, 5) is 28.0. The van der Waals surface area contributed by atoms with E-state index in [1.54, 1.807) is 0 Å². The lowest BCUT2D eigenvalue weighted by Gasteiger charge is -2.08. The molecule has 0 aliphatic heterocycles. The second-order valence-corrected chi connectivity index (χ2v) is 8.48. The van der Waals surface area contributed by atoms with Crippen LogP contribution in [0.5, 0.6) is 0 Å². The number of tetrazole rings is 1. The Bertz CT molecular complexity index is 1480. The average molecular weight is 504 g/mol. The summed E-state index contributed by atoms with van der Waals surface area (Å²) < 4.78 is 56.1. The first-order valence-corrected chi connectivity index (χ1v) is 11.0. The molecule has 1 amide bonds. The summed E-state index contributed by atoms with van der Waals surface area (Å²) in [5.74, 6) is -4.86. The number of hydrogen-bond donors (Lipinski definition) is 3. The van der Waals surface area contributed by atoms with Gasteiger partial charge in [-0.2, -0.15) is 9.67 Å². The lowest BCUT2D eigenvalue weighted by molar-refractivity contribution is -0.120. The number of anilines is 3. The second kappa shape index (κ2) is 9.21. The van der Waals surface area contributed by atoms with E-state index >= 15 is 0 Å². The molecule has 2 aromatic heterocycles. The minimum atomic E-state index is -4.19. The lowest BCUT2D eigenvalue weighted by Crippen LogP contribution is -2.33. The summed E-state index contributed by atoms with van der Waals surface area (Å²) in [5, 5.41) is 16.6. The van der Waals surface area contributed by atoms with Crippen molar-refractivity contribution < 1.29 is 26.8 Å². The minimum Gasteiger partial charge on any atom is -0.368 e. The zero-order valence-corrected chi connectivity index (χ0v) is 18.1. The van der Waals surface area contributed by atoms with Gasteiger partial charge in [0.15, 0.2) is 0 Å². The van der Waals surface area contributed by atoms with Crippen molar-refractivity contribution in [3.8, 4) is 0 Å². The zero-order valence-electron chi connectivity index (χ0n) is 17.3. The van der Waals surface area contributed by atoms with Crippen LogP contribution >= 0.6 is 0 Å². The predicted molar refractivity (Wildman–Crippen MR) is 113 cm³/mol. The van der Waals surface area contributed by atoms with Crippen molar-refractivity contribution in [1.29, 1.82) is 0 Å². The zero-order chi connectivity index (χ0) is 25.2. The minimum absolute atomic E-state index is 0.196. The van der Waals surface area contributed by atoms with Gasteiger partial charge in [-0.05, 0) is 46.8 Å². The van der Waals surface area contributed by atoms with Gasteiger partial charge >= 0.3 is 0 Å². The predicted octanol–water partition coefficient (Wildman–Crippen LogP) is 0.0622. The molecule has 2 aromatic carbocycles. The van der Waals surface area contributed by atoms with Gasteiger partial charge in [0, 0.05) is 5.69 Å². The molecule has 0 aliphatic rings. The molecule has 0 unspecified atom stereocenters. The SMILES string of the molecule is Nc1nc(Nc2ccc(S(=O)(=O)NC(=O)Cn3cnnn3)cc2)nn1C(=O)c1c(F)cccc1F. The number of rotatable bonds is 7. The molecule has 35 heavy (non-hydrogen) atoms. The van der Waals surface area contributed by atoms with Gasteiger partial charge in [-0.25, -0.2) is 26.6 Å². The van der Waals surface area contributed by atoms with Crippen LogP contribution in [-0.4, -0.2) is 55.2 Å². The molecule has 2 heterocycles. The largest absolute Gasteiger partial charge is 0.368 e. The average Bonchev–Trinajstić information content (AvgIpc) is 3.42. The third kappa shape index (κ3) is 5.08. The van der Waals surface area contributed by atoms with Gasteiger partial charge < -0.3 is 11.1 Å². The first-order valence-electron chi connectivity index (χ1n) is 9.49.